The van der Waals surface area contributed by atoms with E-state index in [0.29, 0.717) is 16.9 Å². The van der Waals surface area contributed by atoms with Crippen molar-refractivity contribution >= 4 is 11.7 Å². The van der Waals surface area contributed by atoms with Crippen LogP contribution in [0.25, 0.3) is 0 Å². The average Bonchev–Trinajstić information content (AvgIpc) is 2.40. The molecule has 0 radical (unpaired) electrons. The van der Waals surface area contributed by atoms with Crippen molar-refractivity contribution in [2.24, 2.45) is 0 Å². The smallest absolute Gasteiger partial charge is 0.340 e. The first-order chi connectivity index (χ1) is 9.08. The van der Waals surface area contributed by atoms with Crippen LogP contribution in [0.5, 0.6) is 0 Å². The number of rotatable bonds is 3. The number of hydrogen-bond donors (Lipinski definition) is 1. The van der Waals surface area contributed by atoms with Crippen LogP contribution in [0.4, 0.5) is 5.69 Å². The number of nitrogens with zero attached hydrogens (tertiary/aromatic N) is 2. The third-order valence-electron chi connectivity index (χ3n) is 2.79. The van der Waals surface area contributed by atoms with Gasteiger partial charge in [-0.3, -0.25) is 9.97 Å². The number of aromatic nitrogens is 2. The number of nitrogens with two attached hydrogens (primary N) is 1. The lowest BCUT2D eigenvalue weighted by molar-refractivity contribution is 0.0465. The molecule has 98 valence electrons. The molecule has 0 spiro atoms. The number of hydrogen-bond acceptors (Lipinski definition) is 5. The SMILES string of the molecule is Cc1cccnc1COC(=O)c1cc(N)cnc1C. The lowest BCUT2D eigenvalue weighted by atomic mass is 10.2. The molecule has 0 aliphatic rings. The summed E-state index contributed by atoms with van der Waals surface area (Å²) >= 11 is 0. The normalized spacial score (nSPS) is 10.2. The topological polar surface area (TPSA) is 78.1 Å². The van der Waals surface area contributed by atoms with Crippen LogP contribution in [0.15, 0.2) is 30.6 Å². The molecule has 0 saturated heterocycles. The number of esters is 1. The van der Waals surface area contributed by atoms with Crippen molar-refractivity contribution in [2.45, 2.75) is 20.5 Å². The fourth-order valence-electron chi connectivity index (χ4n) is 1.64. The van der Waals surface area contributed by atoms with E-state index in [9.17, 15) is 4.79 Å². The van der Waals surface area contributed by atoms with Crippen molar-refractivity contribution in [3.05, 3.63) is 53.1 Å². The predicted molar refractivity (Wildman–Crippen MR) is 71.5 cm³/mol. The zero-order valence-electron chi connectivity index (χ0n) is 10.9. The second kappa shape index (κ2) is 5.48. The summed E-state index contributed by atoms with van der Waals surface area (Å²) in [6, 6.07) is 5.33. The molecule has 0 aromatic carbocycles. The van der Waals surface area contributed by atoms with Crippen LogP contribution < -0.4 is 5.73 Å². The van der Waals surface area contributed by atoms with Gasteiger partial charge >= 0.3 is 5.97 Å². The Morgan fingerprint density at radius 3 is 2.89 bits per heavy atom. The molecule has 0 fully saturated rings. The Morgan fingerprint density at radius 2 is 2.16 bits per heavy atom. The summed E-state index contributed by atoms with van der Waals surface area (Å²) in [5.41, 5.74) is 8.75. The van der Waals surface area contributed by atoms with Crippen molar-refractivity contribution in [1.82, 2.24) is 9.97 Å². The lowest BCUT2D eigenvalue weighted by Crippen LogP contribution is -2.10. The molecule has 2 rings (SSSR count). The summed E-state index contributed by atoms with van der Waals surface area (Å²) < 4.78 is 5.23. The third kappa shape index (κ3) is 3.07. The molecule has 2 N–H and O–H groups in total. The van der Waals surface area contributed by atoms with Gasteiger partial charge in [-0.25, -0.2) is 4.79 Å². The highest BCUT2D eigenvalue weighted by Crippen LogP contribution is 2.12. The van der Waals surface area contributed by atoms with Crippen molar-refractivity contribution < 1.29 is 9.53 Å². The Hall–Kier alpha value is -2.43. The molecule has 0 aliphatic carbocycles. The van der Waals surface area contributed by atoms with Gasteiger partial charge in [0.1, 0.15) is 6.61 Å². The first kappa shape index (κ1) is 13.0. The van der Waals surface area contributed by atoms with Crippen LogP contribution in [0.3, 0.4) is 0 Å². The molecule has 19 heavy (non-hydrogen) atoms. The van der Waals surface area contributed by atoms with Crippen LogP contribution in [-0.4, -0.2) is 15.9 Å². The van der Waals surface area contributed by atoms with Gasteiger partial charge in [0.2, 0.25) is 0 Å². The zero-order valence-corrected chi connectivity index (χ0v) is 10.9. The van der Waals surface area contributed by atoms with E-state index in [0.717, 1.165) is 11.3 Å². The zero-order chi connectivity index (χ0) is 13.8. The van der Waals surface area contributed by atoms with Gasteiger partial charge in [0.25, 0.3) is 0 Å². The van der Waals surface area contributed by atoms with Gasteiger partial charge in [0.15, 0.2) is 0 Å². The van der Waals surface area contributed by atoms with Gasteiger partial charge < -0.3 is 10.5 Å². The largest absolute Gasteiger partial charge is 0.456 e. The number of carbonyl (C=O) groups excluding carboxylic acids is 1. The van der Waals surface area contributed by atoms with Crippen LogP contribution in [-0.2, 0) is 11.3 Å². The van der Waals surface area contributed by atoms with E-state index >= 15 is 0 Å². The Bertz CT molecular complexity index is 611. The van der Waals surface area contributed by atoms with Crippen LogP contribution >= 0.6 is 0 Å². The minimum absolute atomic E-state index is 0.139. The van der Waals surface area contributed by atoms with E-state index < -0.39 is 5.97 Å². The summed E-state index contributed by atoms with van der Waals surface area (Å²) in [6.45, 7) is 3.80. The molecular weight excluding hydrogens is 242 g/mol. The standard InChI is InChI=1S/C14H15N3O2/c1-9-4-3-5-16-13(9)8-19-14(18)12-6-11(15)7-17-10(12)2/h3-7H,8,15H2,1-2H3. The molecule has 5 nitrogen and oxygen atoms in total. The van der Waals surface area contributed by atoms with E-state index in [-0.39, 0.29) is 6.61 Å². The quantitative estimate of drug-likeness (QED) is 0.851. The minimum atomic E-state index is -0.442. The first-order valence-corrected chi connectivity index (χ1v) is 5.87. The maximum Gasteiger partial charge on any atom is 0.340 e. The molecule has 0 saturated carbocycles. The highest BCUT2D eigenvalue weighted by Gasteiger charge is 2.13. The van der Waals surface area contributed by atoms with Crippen LogP contribution in [0.2, 0.25) is 0 Å². The fraction of sp³-hybridized carbons (Fsp3) is 0.214. The third-order valence-corrected chi connectivity index (χ3v) is 2.79. The fourth-order valence-corrected chi connectivity index (χ4v) is 1.64. The summed E-state index contributed by atoms with van der Waals surface area (Å²) in [4.78, 5) is 20.2. The molecule has 0 unspecified atom stereocenters. The number of nitrogen functional groups attached to an aromatic ring is 1. The maximum absolute atomic E-state index is 12.0. The highest BCUT2D eigenvalue weighted by atomic mass is 16.5. The van der Waals surface area contributed by atoms with Gasteiger partial charge in [-0.15, -0.1) is 0 Å². The average molecular weight is 257 g/mol. The number of pyridine rings is 2. The Labute approximate surface area is 111 Å². The Balaban J connectivity index is 2.10. The van der Waals surface area contributed by atoms with E-state index in [1.807, 2.05) is 19.1 Å². The highest BCUT2D eigenvalue weighted by molar-refractivity contribution is 5.91. The van der Waals surface area contributed by atoms with Gasteiger partial charge in [-0.1, -0.05) is 6.07 Å². The predicted octanol–water partition coefficient (Wildman–Crippen LogP) is 2.03. The molecule has 2 heterocycles. The van der Waals surface area contributed by atoms with Crippen molar-refractivity contribution in [1.29, 1.82) is 0 Å². The monoisotopic (exact) mass is 257 g/mol. The summed E-state index contributed by atoms with van der Waals surface area (Å²) in [5, 5.41) is 0. The van der Waals surface area contributed by atoms with E-state index in [1.54, 1.807) is 19.2 Å². The second-order valence-corrected chi connectivity index (χ2v) is 4.24. The van der Waals surface area contributed by atoms with Crippen LogP contribution in [0, 0.1) is 13.8 Å². The van der Waals surface area contributed by atoms with E-state index in [4.69, 9.17) is 10.5 Å². The molecule has 5 heteroatoms. The number of aryl methyl sites for hydroxylation is 2. The molecule has 0 amide bonds. The number of ether oxygens (including phenoxy) is 1. The molecule has 2 aromatic heterocycles. The molecule has 0 aliphatic heterocycles. The molecule has 0 bridgehead atoms. The minimum Gasteiger partial charge on any atom is -0.456 e. The molecule has 0 atom stereocenters. The summed E-state index contributed by atoms with van der Waals surface area (Å²) in [7, 11) is 0. The first-order valence-electron chi connectivity index (χ1n) is 5.87. The van der Waals surface area contributed by atoms with Gasteiger partial charge in [-0.2, -0.15) is 0 Å². The van der Waals surface area contributed by atoms with Crippen molar-refractivity contribution in [3.8, 4) is 0 Å². The van der Waals surface area contributed by atoms with E-state index in [1.165, 1.54) is 6.20 Å². The van der Waals surface area contributed by atoms with Gasteiger partial charge in [0.05, 0.1) is 28.8 Å². The van der Waals surface area contributed by atoms with Gasteiger partial charge in [-0.05, 0) is 31.5 Å². The van der Waals surface area contributed by atoms with Gasteiger partial charge in [0, 0.05) is 6.20 Å². The summed E-state index contributed by atoms with van der Waals surface area (Å²) in [5.74, 6) is -0.442. The van der Waals surface area contributed by atoms with E-state index in [2.05, 4.69) is 9.97 Å². The maximum atomic E-state index is 12.0. The van der Waals surface area contributed by atoms with Crippen molar-refractivity contribution in [3.63, 3.8) is 0 Å². The lowest BCUT2D eigenvalue weighted by Gasteiger charge is -2.08. The van der Waals surface area contributed by atoms with Crippen molar-refractivity contribution in [2.75, 3.05) is 5.73 Å². The number of carbonyl (C=O) groups is 1. The van der Waals surface area contributed by atoms with Crippen LogP contribution in [0.1, 0.15) is 27.3 Å². The summed E-state index contributed by atoms with van der Waals surface area (Å²) in [6.07, 6.45) is 3.18. The Kier molecular flexibility index (Phi) is 3.75. The molecular formula is C14H15N3O2. The second-order valence-electron chi connectivity index (χ2n) is 4.24. The Morgan fingerprint density at radius 1 is 1.37 bits per heavy atom. The number of anilines is 1. The molecule has 2 aromatic rings.